The van der Waals surface area contributed by atoms with Crippen LogP contribution >= 0.6 is 0 Å². The number of hydrogen-bond acceptors (Lipinski definition) is 6. The first kappa shape index (κ1) is 74.9. The first-order valence-electron chi connectivity index (χ1n) is 34.8. The van der Waals surface area contributed by atoms with E-state index < -0.39 is 6.10 Å². The summed E-state index contributed by atoms with van der Waals surface area (Å²) in [6, 6.07) is 0. The van der Waals surface area contributed by atoms with E-state index in [4.69, 9.17) is 14.2 Å². The van der Waals surface area contributed by atoms with Gasteiger partial charge in [-0.25, -0.2) is 0 Å². The van der Waals surface area contributed by atoms with Crippen LogP contribution in [0, 0.1) is 0 Å². The molecule has 0 aliphatic rings. The lowest BCUT2D eigenvalue weighted by Gasteiger charge is -2.18. The normalized spacial score (nSPS) is 12.1. The van der Waals surface area contributed by atoms with Crippen molar-refractivity contribution in [3.05, 3.63) is 24.3 Å². The van der Waals surface area contributed by atoms with Gasteiger partial charge in [0.25, 0.3) is 0 Å². The fourth-order valence-corrected chi connectivity index (χ4v) is 10.7. The summed E-state index contributed by atoms with van der Waals surface area (Å²) < 4.78 is 17.0. The molecular formula is C71H134O6. The minimum atomic E-state index is -0.772. The molecule has 1 atom stereocenters. The molecule has 0 saturated carbocycles. The SMILES string of the molecule is CCCCCCCCC/C=C\CCCCCCCCCC(=O)OC(COC(=O)CCCCCCCCCCCCC/C=C\CCCCCCCCCC)COC(=O)CCCCCCCCCCCCCCCCCCCC. The van der Waals surface area contributed by atoms with Crippen molar-refractivity contribution in [3.8, 4) is 0 Å². The smallest absolute Gasteiger partial charge is 0.306 e. The van der Waals surface area contributed by atoms with Crippen LogP contribution in [0.15, 0.2) is 24.3 Å². The highest BCUT2D eigenvalue weighted by atomic mass is 16.6. The van der Waals surface area contributed by atoms with E-state index in [9.17, 15) is 14.4 Å². The van der Waals surface area contributed by atoms with Gasteiger partial charge in [-0.15, -0.1) is 0 Å². The highest BCUT2D eigenvalue weighted by molar-refractivity contribution is 5.71. The number of allylic oxidation sites excluding steroid dienone is 4. The molecule has 0 aromatic heterocycles. The second-order valence-corrected chi connectivity index (χ2v) is 23.8. The lowest BCUT2D eigenvalue weighted by Crippen LogP contribution is -2.30. The molecule has 0 saturated heterocycles. The van der Waals surface area contributed by atoms with Crippen molar-refractivity contribution in [2.75, 3.05) is 13.2 Å². The zero-order valence-electron chi connectivity index (χ0n) is 52.3. The number of esters is 3. The molecule has 0 aliphatic carbocycles. The predicted octanol–water partition coefficient (Wildman–Crippen LogP) is 23.8. The Bertz CT molecular complexity index is 1240. The van der Waals surface area contributed by atoms with Crippen LogP contribution in [0.5, 0.6) is 0 Å². The van der Waals surface area contributed by atoms with Crippen molar-refractivity contribution in [3.63, 3.8) is 0 Å². The highest BCUT2D eigenvalue weighted by Gasteiger charge is 2.19. The van der Waals surface area contributed by atoms with Gasteiger partial charge in [0.1, 0.15) is 13.2 Å². The van der Waals surface area contributed by atoms with Crippen molar-refractivity contribution < 1.29 is 28.6 Å². The van der Waals surface area contributed by atoms with Crippen LogP contribution in [0.1, 0.15) is 393 Å². The largest absolute Gasteiger partial charge is 0.462 e. The van der Waals surface area contributed by atoms with Crippen LogP contribution < -0.4 is 0 Å². The average molecular weight is 1080 g/mol. The third-order valence-corrected chi connectivity index (χ3v) is 15.9. The average Bonchev–Trinajstić information content (AvgIpc) is 3.43. The molecule has 454 valence electrons. The minimum Gasteiger partial charge on any atom is -0.462 e. The zero-order chi connectivity index (χ0) is 55.7. The number of hydrogen-bond donors (Lipinski definition) is 0. The Morgan fingerprint density at radius 2 is 0.429 bits per heavy atom. The van der Waals surface area contributed by atoms with Gasteiger partial charge in [0.15, 0.2) is 6.10 Å². The third kappa shape index (κ3) is 64.6. The molecule has 6 nitrogen and oxygen atoms in total. The topological polar surface area (TPSA) is 78.9 Å². The molecule has 1 unspecified atom stereocenters. The molecule has 0 rings (SSSR count). The van der Waals surface area contributed by atoms with Crippen molar-refractivity contribution in [2.24, 2.45) is 0 Å². The predicted molar refractivity (Wildman–Crippen MR) is 335 cm³/mol. The molecule has 0 fully saturated rings. The lowest BCUT2D eigenvalue weighted by atomic mass is 10.0. The van der Waals surface area contributed by atoms with Crippen molar-refractivity contribution >= 4 is 17.9 Å². The maximum Gasteiger partial charge on any atom is 0.306 e. The Morgan fingerprint density at radius 3 is 0.649 bits per heavy atom. The Morgan fingerprint density at radius 1 is 0.247 bits per heavy atom. The quantitative estimate of drug-likeness (QED) is 0.0261. The van der Waals surface area contributed by atoms with Gasteiger partial charge in [0.2, 0.25) is 0 Å². The van der Waals surface area contributed by atoms with E-state index in [1.54, 1.807) is 0 Å². The number of rotatable bonds is 65. The van der Waals surface area contributed by atoms with E-state index in [1.807, 2.05) is 0 Å². The van der Waals surface area contributed by atoms with Crippen LogP contribution in [0.4, 0.5) is 0 Å². The van der Waals surface area contributed by atoms with Crippen LogP contribution in [0.25, 0.3) is 0 Å². The van der Waals surface area contributed by atoms with Gasteiger partial charge in [0.05, 0.1) is 0 Å². The Balaban J connectivity index is 4.29. The second kappa shape index (κ2) is 66.4. The molecule has 0 aromatic rings. The summed E-state index contributed by atoms with van der Waals surface area (Å²) in [7, 11) is 0. The molecule has 0 amide bonds. The number of ether oxygens (including phenoxy) is 3. The fraction of sp³-hybridized carbons (Fsp3) is 0.901. The standard InChI is InChI=1S/C71H134O6/c1-4-7-10-13-16-19-22-25-28-31-34-35-36-37-38-41-43-46-49-52-55-58-61-64-70(73)76-67-68(77-71(74)65-62-59-56-53-50-47-44-40-33-30-27-24-21-18-15-12-9-6-3)66-75-69(72)63-60-57-54-51-48-45-42-39-32-29-26-23-20-17-14-11-8-5-2/h30-31,33-34,68H,4-29,32,35-67H2,1-3H3/b33-30-,34-31-. The van der Waals surface area contributed by atoms with E-state index in [-0.39, 0.29) is 31.1 Å². The Hall–Kier alpha value is -2.11. The molecule has 0 radical (unpaired) electrons. The summed E-state index contributed by atoms with van der Waals surface area (Å²) in [5.41, 5.74) is 0. The number of carbonyl (C=O) groups is 3. The lowest BCUT2D eigenvalue weighted by molar-refractivity contribution is -0.167. The first-order chi connectivity index (χ1) is 38.0. The van der Waals surface area contributed by atoms with Crippen LogP contribution in [-0.4, -0.2) is 37.2 Å². The molecule has 77 heavy (non-hydrogen) atoms. The van der Waals surface area contributed by atoms with Crippen molar-refractivity contribution in [1.82, 2.24) is 0 Å². The van der Waals surface area contributed by atoms with Gasteiger partial charge in [-0.2, -0.15) is 0 Å². The number of unbranched alkanes of at least 4 members (excludes halogenated alkanes) is 50. The highest BCUT2D eigenvalue weighted by Crippen LogP contribution is 2.18. The van der Waals surface area contributed by atoms with Gasteiger partial charge in [-0.05, 0) is 70.6 Å². The maximum absolute atomic E-state index is 12.9. The first-order valence-corrected chi connectivity index (χ1v) is 34.8. The van der Waals surface area contributed by atoms with Crippen LogP contribution in [0.3, 0.4) is 0 Å². The van der Waals surface area contributed by atoms with Crippen LogP contribution in [0.2, 0.25) is 0 Å². The van der Waals surface area contributed by atoms with Crippen molar-refractivity contribution in [2.45, 2.75) is 399 Å². The van der Waals surface area contributed by atoms with Gasteiger partial charge < -0.3 is 14.2 Å². The second-order valence-electron chi connectivity index (χ2n) is 23.8. The number of carbonyl (C=O) groups excluding carboxylic acids is 3. The van der Waals surface area contributed by atoms with Gasteiger partial charge in [-0.1, -0.05) is 328 Å². The summed E-state index contributed by atoms with van der Waals surface area (Å²) >= 11 is 0. The van der Waals surface area contributed by atoms with Gasteiger partial charge >= 0.3 is 17.9 Å². The summed E-state index contributed by atoms with van der Waals surface area (Å²) in [5, 5.41) is 0. The fourth-order valence-electron chi connectivity index (χ4n) is 10.7. The van der Waals surface area contributed by atoms with Crippen molar-refractivity contribution in [1.29, 1.82) is 0 Å². The Kier molecular flexibility index (Phi) is 64.6. The molecule has 0 spiro atoms. The van der Waals surface area contributed by atoms with E-state index in [0.717, 1.165) is 57.8 Å². The summed E-state index contributed by atoms with van der Waals surface area (Å²) in [5.74, 6) is -0.841. The monoisotopic (exact) mass is 1080 g/mol. The minimum absolute atomic E-state index is 0.0675. The molecule has 0 aromatic carbocycles. The third-order valence-electron chi connectivity index (χ3n) is 15.9. The van der Waals surface area contributed by atoms with Gasteiger partial charge in [-0.3, -0.25) is 14.4 Å². The van der Waals surface area contributed by atoms with E-state index in [1.165, 1.54) is 295 Å². The molecule has 0 bridgehead atoms. The summed E-state index contributed by atoms with van der Waals surface area (Å²) in [6.07, 6.45) is 80.5. The van der Waals surface area contributed by atoms with E-state index in [0.29, 0.717) is 19.3 Å². The molecule has 6 heteroatoms. The van der Waals surface area contributed by atoms with Crippen LogP contribution in [-0.2, 0) is 28.6 Å². The summed E-state index contributed by atoms with van der Waals surface area (Å²) in [4.78, 5) is 38.4. The molecular weight excluding hydrogens is 949 g/mol. The van der Waals surface area contributed by atoms with Gasteiger partial charge in [0, 0.05) is 19.3 Å². The summed E-state index contributed by atoms with van der Waals surface area (Å²) in [6.45, 7) is 6.72. The van der Waals surface area contributed by atoms with E-state index in [2.05, 4.69) is 45.1 Å². The maximum atomic E-state index is 12.9. The molecule has 0 N–H and O–H groups in total. The molecule has 0 aliphatic heterocycles. The van der Waals surface area contributed by atoms with E-state index >= 15 is 0 Å². The Labute approximate surface area is 481 Å². The zero-order valence-corrected chi connectivity index (χ0v) is 52.3. The molecule has 0 heterocycles.